The molecular weight excluding hydrogens is 618 g/mol. The first-order chi connectivity index (χ1) is 21.4. The van der Waals surface area contributed by atoms with Crippen molar-refractivity contribution >= 4 is 33.2 Å². The van der Waals surface area contributed by atoms with Crippen LogP contribution in [0.4, 0.5) is 5.69 Å². The minimum absolute atomic E-state index is 0.0148. The first-order valence-corrected chi connectivity index (χ1v) is 15.9. The largest absolute Gasteiger partial charge is 0.493 e. The van der Waals surface area contributed by atoms with Crippen LogP contribution >= 0.6 is 0 Å². The summed E-state index contributed by atoms with van der Waals surface area (Å²) >= 11 is 0. The van der Waals surface area contributed by atoms with Crippen molar-refractivity contribution in [1.82, 2.24) is 4.90 Å². The van der Waals surface area contributed by atoms with Gasteiger partial charge in [-0.15, -0.1) is 10.1 Å². The number of rotatable bonds is 13. The van der Waals surface area contributed by atoms with Crippen molar-refractivity contribution in [3.8, 4) is 11.5 Å². The molecule has 2 aromatic carbocycles. The van der Waals surface area contributed by atoms with Crippen LogP contribution in [0.1, 0.15) is 39.2 Å². The number of fused-ring (bicyclic) bond motifs is 2. The molecule has 0 aliphatic carbocycles. The van der Waals surface area contributed by atoms with Gasteiger partial charge in [0.2, 0.25) is 5.91 Å². The highest BCUT2D eigenvalue weighted by Crippen LogP contribution is 2.38. The first-order valence-electron chi connectivity index (χ1n) is 13.9. The second-order valence-electron chi connectivity index (χ2n) is 10.5. The lowest BCUT2D eigenvalue weighted by atomic mass is 10.1. The number of sulfone groups is 1. The van der Waals surface area contributed by atoms with Crippen molar-refractivity contribution in [3.63, 3.8) is 0 Å². The van der Waals surface area contributed by atoms with Gasteiger partial charge in [0.05, 0.1) is 55.5 Å². The molecule has 3 aliphatic rings. The van der Waals surface area contributed by atoms with Crippen LogP contribution in [0.15, 0.2) is 36.4 Å². The molecule has 2 aromatic rings. The molecule has 16 nitrogen and oxygen atoms in total. The number of hydrogen-bond acceptors (Lipinski definition) is 13. The maximum atomic E-state index is 13.8. The number of ether oxygens (including phenoxy) is 5. The van der Waals surface area contributed by atoms with E-state index >= 15 is 0 Å². The van der Waals surface area contributed by atoms with E-state index in [1.54, 1.807) is 19.1 Å². The summed E-state index contributed by atoms with van der Waals surface area (Å²) < 4.78 is 52.6. The molecule has 5 atom stereocenters. The molecule has 0 radical (unpaired) electrons. The van der Waals surface area contributed by atoms with Crippen molar-refractivity contribution in [2.24, 2.45) is 0 Å². The van der Waals surface area contributed by atoms with Crippen molar-refractivity contribution < 1.29 is 56.4 Å². The van der Waals surface area contributed by atoms with Gasteiger partial charge in [0.15, 0.2) is 17.6 Å². The Morgan fingerprint density at radius 3 is 2.49 bits per heavy atom. The van der Waals surface area contributed by atoms with Gasteiger partial charge in [0.25, 0.3) is 16.9 Å². The number of carbonyl (C=O) groups excluding carboxylic acids is 3. The van der Waals surface area contributed by atoms with Crippen molar-refractivity contribution in [2.75, 3.05) is 50.9 Å². The van der Waals surface area contributed by atoms with Gasteiger partial charge in [-0.1, -0.05) is 12.1 Å². The van der Waals surface area contributed by atoms with E-state index in [-0.39, 0.29) is 36.6 Å². The maximum Gasteiger partial charge on any atom is 0.294 e. The fraction of sp³-hybridized carbons (Fsp3) is 0.464. The summed E-state index contributed by atoms with van der Waals surface area (Å²) in [7, 11) is -2.26. The summed E-state index contributed by atoms with van der Waals surface area (Å²) in [5.41, 5.74) is 0.243. The summed E-state index contributed by atoms with van der Waals surface area (Å²) in [6.07, 6.45) is -2.03. The third kappa shape index (κ3) is 6.70. The summed E-state index contributed by atoms with van der Waals surface area (Å²) in [6.45, 7) is 1.50. The fourth-order valence-corrected chi connectivity index (χ4v) is 6.52. The van der Waals surface area contributed by atoms with Crippen LogP contribution in [-0.2, 0) is 33.7 Å². The molecule has 4 unspecified atom stereocenters. The van der Waals surface area contributed by atoms with Gasteiger partial charge in [0, 0.05) is 6.26 Å². The summed E-state index contributed by atoms with van der Waals surface area (Å²) in [6, 6.07) is 7.75. The number of amides is 3. The molecule has 5 rings (SSSR count). The van der Waals surface area contributed by atoms with Crippen LogP contribution in [0.3, 0.4) is 0 Å². The Labute approximate surface area is 257 Å². The molecule has 2 fully saturated rings. The van der Waals surface area contributed by atoms with E-state index in [9.17, 15) is 32.9 Å². The number of anilines is 1. The van der Waals surface area contributed by atoms with Gasteiger partial charge in [0.1, 0.15) is 34.8 Å². The van der Waals surface area contributed by atoms with E-state index in [4.69, 9.17) is 23.7 Å². The van der Waals surface area contributed by atoms with Crippen LogP contribution in [0, 0.1) is 10.1 Å². The second-order valence-corrected chi connectivity index (χ2v) is 12.7. The molecule has 3 amide bonds. The summed E-state index contributed by atoms with van der Waals surface area (Å²) in [5.74, 6) is -2.06. The summed E-state index contributed by atoms with van der Waals surface area (Å²) in [5, 5.41) is 12.4. The predicted molar refractivity (Wildman–Crippen MR) is 153 cm³/mol. The lowest BCUT2D eigenvalue weighted by molar-refractivity contribution is -0.769. The minimum atomic E-state index is -3.71. The van der Waals surface area contributed by atoms with Gasteiger partial charge >= 0.3 is 0 Å². The third-order valence-corrected chi connectivity index (χ3v) is 8.40. The molecule has 2 saturated heterocycles. The number of benzene rings is 2. The quantitative estimate of drug-likeness (QED) is 0.184. The topological polar surface area (TPSA) is 199 Å². The predicted octanol–water partition coefficient (Wildman–Crippen LogP) is 1.17. The molecule has 0 saturated carbocycles. The molecule has 45 heavy (non-hydrogen) atoms. The molecular formula is C28H31N3O13S. The number of nitrogens with one attached hydrogen (secondary N) is 1. The van der Waals surface area contributed by atoms with E-state index in [1.165, 1.54) is 31.4 Å². The third-order valence-electron chi connectivity index (χ3n) is 7.48. The van der Waals surface area contributed by atoms with Gasteiger partial charge < -0.3 is 33.8 Å². The Morgan fingerprint density at radius 2 is 1.82 bits per heavy atom. The van der Waals surface area contributed by atoms with Crippen LogP contribution < -0.4 is 14.8 Å². The highest BCUT2D eigenvalue weighted by molar-refractivity contribution is 7.90. The average Bonchev–Trinajstić information content (AvgIpc) is 3.64. The Balaban J connectivity index is 1.33. The molecule has 1 N–H and O–H groups in total. The Morgan fingerprint density at radius 1 is 1.11 bits per heavy atom. The standard InChI is InChI=1S/C28H31N3O13S/c1-4-40-20-10-15(8-9-19(20)39-2)18(14-45(3,37)38)30-27(33)16-6-5-7-17(24(16)28(30)34)29-23(32)13-41-21-11-42-26-22(44-31(35)36)12-43-25(21)26/h5-10,18,21-22,25-26H,4,11-14H2,1-3H3,(H,29,32)/t18-,21?,22?,25?,26?/m1/s1. The minimum Gasteiger partial charge on any atom is -0.493 e. The van der Waals surface area contributed by atoms with Crippen LogP contribution in [-0.4, -0.2) is 106 Å². The number of carbonyl (C=O) groups is 3. The fourth-order valence-electron chi connectivity index (χ4n) is 5.61. The maximum absolute atomic E-state index is 13.8. The number of nitrogens with zero attached hydrogens (tertiary/aromatic N) is 2. The Kier molecular flexibility index (Phi) is 9.24. The lowest BCUT2D eigenvalue weighted by Gasteiger charge is -2.27. The second kappa shape index (κ2) is 13.0. The van der Waals surface area contributed by atoms with Crippen LogP contribution in [0.5, 0.6) is 11.5 Å². The van der Waals surface area contributed by atoms with Crippen molar-refractivity contribution in [1.29, 1.82) is 0 Å². The molecule has 3 aliphatic heterocycles. The molecule has 17 heteroatoms. The molecule has 0 bridgehead atoms. The van der Waals surface area contributed by atoms with E-state index in [0.717, 1.165) is 11.2 Å². The van der Waals surface area contributed by atoms with E-state index in [0.29, 0.717) is 17.1 Å². The zero-order chi connectivity index (χ0) is 32.5. The SMILES string of the molecule is CCOc1cc([C@@H](CS(C)(=O)=O)N2C(=O)c3cccc(NC(=O)COC4COC5C(O[N+](=O)[O-])COC45)c3C2=O)ccc1OC. The zero-order valence-corrected chi connectivity index (χ0v) is 25.3. The Bertz CT molecular complexity index is 1610. The smallest absolute Gasteiger partial charge is 0.294 e. The van der Waals surface area contributed by atoms with Gasteiger partial charge in [-0.3, -0.25) is 19.3 Å². The first kappa shape index (κ1) is 32.1. The molecule has 3 heterocycles. The number of imide groups is 1. The van der Waals surface area contributed by atoms with Gasteiger partial charge in [-0.05, 0) is 36.8 Å². The zero-order valence-electron chi connectivity index (χ0n) is 24.5. The highest BCUT2D eigenvalue weighted by atomic mass is 32.2. The normalized spacial score (nSPS) is 23.0. The number of methoxy groups -OCH3 is 1. The van der Waals surface area contributed by atoms with Crippen molar-refractivity contribution in [2.45, 2.75) is 37.4 Å². The average molecular weight is 650 g/mol. The van der Waals surface area contributed by atoms with Crippen LogP contribution in [0.2, 0.25) is 0 Å². The van der Waals surface area contributed by atoms with Crippen LogP contribution in [0.25, 0.3) is 0 Å². The lowest BCUT2D eigenvalue weighted by Crippen LogP contribution is -2.38. The summed E-state index contributed by atoms with van der Waals surface area (Å²) in [4.78, 5) is 56.5. The number of hydrogen-bond donors (Lipinski definition) is 1. The monoisotopic (exact) mass is 649 g/mol. The highest BCUT2D eigenvalue weighted by Gasteiger charge is 2.50. The molecule has 0 aromatic heterocycles. The molecule has 242 valence electrons. The van der Waals surface area contributed by atoms with E-state index in [1.807, 2.05) is 0 Å². The van der Waals surface area contributed by atoms with Crippen molar-refractivity contribution in [3.05, 3.63) is 63.2 Å². The van der Waals surface area contributed by atoms with Gasteiger partial charge in [-0.25, -0.2) is 8.42 Å². The molecule has 0 spiro atoms. The van der Waals surface area contributed by atoms with E-state index < -0.39 is 75.5 Å². The van der Waals surface area contributed by atoms with Gasteiger partial charge in [-0.2, -0.15) is 0 Å². The van der Waals surface area contributed by atoms with E-state index in [2.05, 4.69) is 10.2 Å². The Hall–Kier alpha value is -4.32.